The van der Waals surface area contributed by atoms with Gasteiger partial charge >= 0.3 is 0 Å². The first-order valence-corrected chi connectivity index (χ1v) is 7.60. The van der Waals surface area contributed by atoms with E-state index in [1.165, 1.54) is 41.3 Å². The van der Waals surface area contributed by atoms with E-state index < -0.39 is 0 Å². The molecule has 20 heavy (non-hydrogen) atoms. The number of fused-ring (bicyclic) bond motifs is 3. The van der Waals surface area contributed by atoms with E-state index in [9.17, 15) is 0 Å². The zero-order valence-corrected chi connectivity index (χ0v) is 11.9. The van der Waals surface area contributed by atoms with Crippen molar-refractivity contribution in [1.29, 1.82) is 0 Å². The maximum absolute atomic E-state index is 4.70. The predicted molar refractivity (Wildman–Crippen MR) is 83.5 cm³/mol. The van der Waals surface area contributed by atoms with Gasteiger partial charge in [-0.1, -0.05) is 36.8 Å². The molecule has 1 aromatic heterocycles. The van der Waals surface area contributed by atoms with Crippen LogP contribution < -0.4 is 0 Å². The third-order valence-corrected chi connectivity index (χ3v) is 4.96. The van der Waals surface area contributed by atoms with Crippen LogP contribution in [0.15, 0.2) is 42.6 Å². The Balaban J connectivity index is 1.84. The Morgan fingerprint density at radius 3 is 2.95 bits per heavy atom. The van der Waals surface area contributed by atoms with Gasteiger partial charge < -0.3 is 0 Å². The van der Waals surface area contributed by atoms with Gasteiger partial charge in [0.25, 0.3) is 0 Å². The molecule has 4 rings (SSSR count). The lowest BCUT2D eigenvalue weighted by molar-refractivity contribution is 0.137. The van der Waals surface area contributed by atoms with E-state index in [1.54, 1.807) is 0 Å². The van der Waals surface area contributed by atoms with Crippen LogP contribution in [0.4, 0.5) is 0 Å². The molecule has 102 valence electrons. The first-order chi connectivity index (χ1) is 9.83. The number of benzene rings is 1. The fourth-order valence-electron chi connectivity index (χ4n) is 3.79. The van der Waals surface area contributed by atoms with Crippen LogP contribution in [0.2, 0.25) is 0 Å². The highest BCUT2D eigenvalue weighted by molar-refractivity contribution is 5.92. The van der Waals surface area contributed by atoms with Crippen molar-refractivity contribution in [3.05, 3.63) is 48.3 Å². The Labute approximate surface area is 120 Å². The van der Waals surface area contributed by atoms with Crippen LogP contribution in [0.5, 0.6) is 0 Å². The molecule has 3 heterocycles. The molecule has 0 radical (unpaired) electrons. The number of hydrogen-bond donors (Lipinski definition) is 0. The number of piperidine rings is 1. The Kier molecular flexibility index (Phi) is 2.85. The van der Waals surface area contributed by atoms with Crippen LogP contribution in [0.25, 0.3) is 16.3 Å². The monoisotopic (exact) mass is 264 g/mol. The fourth-order valence-corrected chi connectivity index (χ4v) is 3.79. The summed E-state index contributed by atoms with van der Waals surface area (Å²) >= 11 is 0. The molecule has 0 amide bonds. The molecule has 2 aliphatic heterocycles. The van der Waals surface area contributed by atoms with Crippen molar-refractivity contribution in [2.45, 2.75) is 37.8 Å². The van der Waals surface area contributed by atoms with E-state index in [-0.39, 0.29) is 0 Å². The highest BCUT2D eigenvalue weighted by atomic mass is 15.2. The fraction of sp³-hybridized carbons (Fsp3) is 0.389. The molecule has 0 N–H and O–H groups in total. The molecular formula is C18H20N2. The second kappa shape index (κ2) is 4.71. The third kappa shape index (κ3) is 1.87. The van der Waals surface area contributed by atoms with Gasteiger partial charge in [0.05, 0.1) is 5.69 Å². The molecular weight excluding hydrogens is 244 g/mol. The van der Waals surface area contributed by atoms with Gasteiger partial charge in [-0.2, -0.15) is 0 Å². The summed E-state index contributed by atoms with van der Waals surface area (Å²) in [6, 6.07) is 12.0. The zero-order chi connectivity index (χ0) is 13.5. The van der Waals surface area contributed by atoms with Gasteiger partial charge in [-0.3, -0.25) is 9.88 Å². The number of pyridine rings is 1. The molecule has 2 bridgehead atoms. The Bertz CT molecular complexity index is 669. The van der Waals surface area contributed by atoms with Crippen molar-refractivity contribution < 1.29 is 0 Å². The minimum absolute atomic E-state index is 0.610. The van der Waals surface area contributed by atoms with E-state index in [0.29, 0.717) is 12.1 Å². The maximum Gasteiger partial charge on any atom is 0.0737 e. The molecule has 1 aromatic carbocycles. The minimum Gasteiger partial charge on any atom is -0.297 e. The smallest absolute Gasteiger partial charge is 0.0737 e. The van der Waals surface area contributed by atoms with Crippen LogP contribution in [0.3, 0.4) is 0 Å². The van der Waals surface area contributed by atoms with Crippen molar-refractivity contribution in [1.82, 2.24) is 9.88 Å². The summed E-state index contributed by atoms with van der Waals surface area (Å²) < 4.78 is 0. The largest absolute Gasteiger partial charge is 0.297 e. The van der Waals surface area contributed by atoms with Gasteiger partial charge in [-0.25, -0.2) is 0 Å². The number of aromatic nitrogens is 1. The SMILES string of the molecule is CN1C2C=C(c3nccc4ccccc34)CC1CCC2. The predicted octanol–water partition coefficient (Wildman–Crippen LogP) is 3.87. The Hall–Kier alpha value is -1.67. The van der Waals surface area contributed by atoms with Crippen molar-refractivity contribution in [3.63, 3.8) is 0 Å². The van der Waals surface area contributed by atoms with E-state index in [1.807, 2.05) is 6.20 Å². The van der Waals surface area contributed by atoms with Gasteiger partial charge in [-0.15, -0.1) is 0 Å². The van der Waals surface area contributed by atoms with E-state index in [2.05, 4.69) is 48.4 Å². The molecule has 2 aromatic rings. The highest BCUT2D eigenvalue weighted by Gasteiger charge is 2.32. The van der Waals surface area contributed by atoms with Crippen LogP contribution in [0, 0.1) is 0 Å². The summed E-state index contributed by atoms with van der Waals surface area (Å²) in [5, 5.41) is 2.59. The number of nitrogens with zero attached hydrogens (tertiary/aromatic N) is 2. The average molecular weight is 264 g/mol. The van der Waals surface area contributed by atoms with Crippen LogP contribution in [-0.4, -0.2) is 29.0 Å². The summed E-state index contributed by atoms with van der Waals surface area (Å²) in [6.07, 6.45) is 9.55. The van der Waals surface area contributed by atoms with Gasteiger partial charge in [0, 0.05) is 23.7 Å². The number of likely N-dealkylation sites (N-methyl/N-ethyl adjacent to an activating group) is 1. The quantitative estimate of drug-likeness (QED) is 0.777. The minimum atomic E-state index is 0.610. The van der Waals surface area contributed by atoms with Crippen LogP contribution >= 0.6 is 0 Å². The molecule has 1 saturated heterocycles. The second-order valence-electron chi connectivity index (χ2n) is 6.09. The average Bonchev–Trinajstić information content (AvgIpc) is 2.46. The van der Waals surface area contributed by atoms with E-state index in [0.717, 1.165) is 6.42 Å². The second-order valence-corrected chi connectivity index (χ2v) is 6.09. The lowest BCUT2D eigenvalue weighted by Gasteiger charge is -2.42. The van der Waals surface area contributed by atoms with Gasteiger partial charge in [0.1, 0.15) is 0 Å². The molecule has 2 aliphatic rings. The Morgan fingerprint density at radius 2 is 2.05 bits per heavy atom. The normalized spacial score (nSPS) is 26.6. The lowest BCUT2D eigenvalue weighted by atomic mass is 9.84. The number of hydrogen-bond acceptors (Lipinski definition) is 2. The van der Waals surface area contributed by atoms with Crippen molar-refractivity contribution in [3.8, 4) is 0 Å². The van der Waals surface area contributed by atoms with Gasteiger partial charge in [-0.05, 0) is 43.3 Å². The summed E-state index contributed by atoms with van der Waals surface area (Å²) in [7, 11) is 2.28. The topological polar surface area (TPSA) is 16.1 Å². The molecule has 0 aliphatic carbocycles. The van der Waals surface area contributed by atoms with E-state index in [4.69, 9.17) is 4.98 Å². The summed E-state index contributed by atoms with van der Waals surface area (Å²) in [4.78, 5) is 7.25. The highest BCUT2D eigenvalue weighted by Crippen LogP contribution is 2.37. The van der Waals surface area contributed by atoms with Gasteiger partial charge in [0.15, 0.2) is 0 Å². The number of rotatable bonds is 1. The summed E-state index contributed by atoms with van der Waals surface area (Å²) in [5.41, 5.74) is 2.66. The van der Waals surface area contributed by atoms with Crippen molar-refractivity contribution in [2.75, 3.05) is 7.05 Å². The Morgan fingerprint density at radius 1 is 1.15 bits per heavy atom. The molecule has 2 heteroatoms. The zero-order valence-electron chi connectivity index (χ0n) is 11.9. The molecule has 0 saturated carbocycles. The van der Waals surface area contributed by atoms with Gasteiger partial charge in [0.2, 0.25) is 0 Å². The molecule has 2 atom stereocenters. The van der Waals surface area contributed by atoms with Crippen LogP contribution in [0.1, 0.15) is 31.4 Å². The lowest BCUT2D eigenvalue weighted by Crippen LogP contribution is -2.45. The standard InChI is InChI=1S/C18H20N2/c1-20-15-6-4-7-16(20)12-14(11-15)18-17-8-3-2-5-13(17)9-10-19-18/h2-3,5,8-11,15-16H,4,6-7,12H2,1H3. The van der Waals surface area contributed by atoms with Crippen LogP contribution in [-0.2, 0) is 0 Å². The third-order valence-electron chi connectivity index (χ3n) is 4.96. The first-order valence-electron chi connectivity index (χ1n) is 7.60. The van der Waals surface area contributed by atoms with Crippen molar-refractivity contribution in [2.24, 2.45) is 0 Å². The molecule has 2 unspecified atom stereocenters. The van der Waals surface area contributed by atoms with Crippen molar-refractivity contribution >= 4 is 16.3 Å². The molecule has 0 spiro atoms. The molecule has 2 nitrogen and oxygen atoms in total. The first kappa shape index (κ1) is 12.1. The summed E-state index contributed by atoms with van der Waals surface area (Å²) in [6.45, 7) is 0. The summed E-state index contributed by atoms with van der Waals surface area (Å²) in [5.74, 6) is 0. The maximum atomic E-state index is 4.70. The molecule has 1 fully saturated rings. The van der Waals surface area contributed by atoms with E-state index >= 15 is 0 Å².